The lowest BCUT2D eigenvalue weighted by atomic mass is 10.1. The number of urea groups is 1. The first kappa shape index (κ1) is 14.1. The molecule has 1 unspecified atom stereocenters. The Labute approximate surface area is 117 Å². The molecule has 0 saturated heterocycles. The first-order chi connectivity index (χ1) is 9.63. The van der Waals surface area contributed by atoms with Crippen molar-refractivity contribution in [2.45, 2.75) is 12.5 Å². The summed E-state index contributed by atoms with van der Waals surface area (Å²) in [5.41, 5.74) is 1.03. The molecule has 0 radical (unpaired) electrons. The van der Waals surface area contributed by atoms with Gasteiger partial charge in [-0.05, 0) is 5.56 Å². The van der Waals surface area contributed by atoms with Crippen LogP contribution in [0.2, 0.25) is 0 Å². The van der Waals surface area contributed by atoms with Gasteiger partial charge in [-0.1, -0.05) is 30.3 Å². The zero-order valence-electron chi connectivity index (χ0n) is 11.3. The first-order valence-electron chi connectivity index (χ1n) is 6.40. The third-order valence-electron chi connectivity index (χ3n) is 2.77. The van der Waals surface area contributed by atoms with Crippen LogP contribution in [-0.4, -0.2) is 33.6 Å². The first-order valence-corrected chi connectivity index (χ1v) is 6.40. The number of carbonyl (C=O) groups excluding carboxylic acids is 1. The minimum Gasteiger partial charge on any atom is -0.391 e. The number of anilines is 1. The molecule has 2 rings (SSSR count). The summed E-state index contributed by atoms with van der Waals surface area (Å²) in [6.45, 7) is 0.188. The number of rotatable bonds is 5. The summed E-state index contributed by atoms with van der Waals surface area (Å²) in [5.74, 6) is 0.475. The molecule has 0 bridgehead atoms. The van der Waals surface area contributed by atoms with Gasteiger partial charge in [0.25, 0.3) is 0 Å². The average molecular weight is 274 g/mol. The second-order valence-electron chi connectivity index (χ2n) is 4.55. The molecule has 0 aliphatic carbocycles. The van der Waals surface area contributed by atoms with E-state index in [-0.39, 0.29) is 12.6 Å². The summed E-state index contributed by atoms with van der Waals surface area (Å²) < 4.78 is 1.60. The molecule has 0 fully saturated rings. The van der Waals surface area contributed by atoms with Crippen molar-refractivity contribution >= 4 is 11.8 Å². The number of amides is 2. The molecule has 6 nitrogen and oxygen atoms in total. The monoisotopic (exact) mass is 274 g/mol. The Morgan fingerprint density at radius 1 is 1.35 bits per heavy atom. The second kappa shape index (κ2) is 6.72. The van der Waals surface area contributed by atoms with Gasteiger partial charge in [-0.2, -0.15) is 5.10 Å². The molecule has 2 aromatic rings. The number of hydrogen-bond donors (Lipinski definition) is 3. The predicted octanol–water partition coefficient (Wildman–Crippen LogP) is 1.15. The molecular formula is C14H18N4O2. The fourth-order valence-electron chi connectivity index (χ4n) is 1.81. The average Bonchev–Trinajstić information content (AvgIpc) is 2.83. The quantitative estimate of drug-likeness (QED) is 0.765. The number of carbonyl (C=O) groups is 1. The number of benzene rings is 1. The van der Waals surface area contributed by atoms with Crippen LogP contribution in [-0.2, 0) is 13.5 Å². The van der Waals surface area contributed by atoms with Gasteiger partial charge in [0.2, 0.25) is 0 Å². The van der Waals surface area contributed by atoms with Crippen LogP contribution >= 0.6 is 0 Å². The number of aliphatic hydroxyl groups excluding tert-OH is 1. The summed E-state index contributed by atoms with van der Waals surface area (Å²) in [7, 11) is 1.77. The lowest BCUT2D eigenvalue weighted by molar-refractivity contribution is 0.172. The van der Waals surface area contributed by atoms with Gasteiger partial charge in [0.05, 0.1) is 6.10 Å². The van der Waals surface area contributed by atoms with Crippen molar-refractivity contribution in [2.75, 3.05) is 11.9 Å². The zero-order chi connectivity index (χ0) is 14.4. The molecule has 0 spiro atoms. The summed E-state index contributed by atoms with van der Waals surface area (Å²) in [6, 6.07) is 11.0. The SMILES string of the molecule is Cn1ccc(NC(=O)NCC(O)Cc2ccccc2)n1. The van der Waals surface area contributed by atoms with Crippen LogP contribution in [0, 0.1) is 0 Å². The van der Waals surface area contributed by atoms with Gasteiger partial charge in [-0.25, -0.2) is 4.79 Å². The van der Waals surface area contributed by atoms with Gasteiger partial charge >= 0.3 is 6.03 Å². The van der Waals surface area contributed by atoms with Crippen molar-refractivity contribution in [3.63, 3.8) is 0 Å². The summed E-state index contributed by atoms with van der Waals surface area (Å²) in [4.78, 5) is 11.6. The van der Waals surface area contributed by atoms with Crippen molar-refractivity contribution in [3.8, 4) is 0 Å². The molecule has 0 aliphatic rings. The van der Waals surface area contributed by atoms with Gasteiger partial charge in [0.1, 0.15) is 0 Å². The maximum absolute atomic E-state index is 11.6. The maximum atomic E-state index is 11.6. The number of nitrogens with one attached hydrogen (secondary N) is 2. The standard InChI is InChI=1S/C14H18N4O2/c1-18-8-7-13(17-18)16-14(20)15-10-12(19)9-11-5-3-2-4-6-11/h2-8,12,19H,9-10H2,1H3,(H2,15,16,17,20). The lowest BCUT2D eigenvalue weighted by Gasteiger charge is -2.12. The number of aryl methyl sites for hydroxylation is 1. The summed E-state index contributed by atoms with van der Waals surface area (Å²) >= 11 is 0. The van der Waals surface area contributed by atoms with Crippen molar-refractivity contribution in [2.24, 2.45) is 7.05 Å². The molecule has 0 saturated carbocycles. The van der Waals surface area contributed by atoms with E-state index < -0.39 is 6.10 Å². The van der Waals surface area contributed by atoms with Crippen molar-refractivity contribution in [1.82, 2.24) is 15.1 Å². The van der Waals surface area contributed by atoms with Crippen LogP contribution in [0.1, 0.15) is 5.56 Å². The minimum absolute atomic E-state index is 0.188. The molecule has 2 amide bonds. The smallest absolute Gasteiger partial charge is 0.320 e. The Morgan fingerprint density at radius 2 is 2.10 bits per heavy atom. The highest BCUT2D eigenvalue weighted by molar-refractivity contribution is 5.88. The molecule has 106 valence electrons. The third-order valence-corrected chi connectivity index (χ3v) is 2.77. The van der Waals surface area contributed by atoms with E-state index in [0.717, 1.165) is 5.56 Å². The lowest BCUT2D eigenvalue weighted by Crippen LogP contribution is -2.36. The van der Waals surface area contributed by atoms with Crippen LogP contribution in [0.4, 0.5) is 10.6 Å². The van der Waals surface area contributed by atoms with Crippen LogP contribution in [0.25, 0.3) is 0 Å². The van der Waals surface area contributed by atoms with Crippen molar-refractivity contribution < 1.29 is 9.90 Å². The van der Waals surface area contributed by atoms with Gasteiger partial charge in [-0.15, -0.1) is 0 Å². The Balaban J connectivity index is 1.73. The van der Waals surface area contributed by atoms with E-state index in [1.807, 2.05) is 30.3 Å². The van der Waals surface area contributed by atoms with Crippen molar-refractivity contribution in [1.29, 1.82) is 0 Å². The normalized spacial score (nSPS) is 11.9. The number of hydrogen-bond acceptors (Lipinski definition) is 3. The largest absolute Gasteiger partial charge is 0.391 e. The van der Waals surface area contributed by atoms with E-state index in [4.69, 9.17) is 0 Å². The topological polar surface area (TPSA) is 79.2 Å². The Kier molecular flexibility index (Phi) is 4.73. The van der Waals surface area contributed by atoms with Crippen LogP contribution in [0.3, 0.4) is 0 Å². The molecule has 1 heterocycles. The van der Waals surface area contributed by atoms with Gasteiger partial charge < -0.3 is 10.4 Å². The highest BCUT2D eigenvalue weighted by atomic mass is 16.3. The summed E-state index contributed by atoms with van der Waals surface area (Å²) in [6.07, 6.45) is 1.62. The zero-order valence-corrected chi connectivity index (χ0v) is 11.3. The van der Waals surface area contributed by atoms with Crippen LogP contribution in [0.15, 0.2) is 42.6 Å². The fourth-order valence-corrected chi connectivity index (χ4v) is 1.81. The Bertz CT molecular complexity index is 553. The highest BCUT2D eigenvalue weighted by Crippen LogP contribution is 2.03. The minimum atomic E-state index is -0.619. The van der Waals surface area contributed by atoms with E-state index in [9.17, 15) is 9.90 Å². The van der Waals surface area contributed by atoms with Gasteiger partial charge in [-0.3, -0.25) is 10.00 Å². The van der Waals surface area contributed by atoms with E-state index in [1.54, 1.807) is 24.0 Å². The van der Waals surface area contributed by atoms with E-state index in [0.29, 0.717) is 12.2 Å². The Morgan fingerprint density at radius 3 is 2.75 bits per heavy atom. The molecule has 20 heavy (non-hydrogen) atoms. The van der Waals surface area contributed by atoms with E-state index >= 15 is 0 Å². The molecule has 3 N–H and O–H groups in total. The molecule has 0 aliphatic heterocycles. The number of aliphatic hydroxyl groups is 1. The van der Waals surface area contributed by atoms with E-state index in [2.05, 4.69) is 15.7 Å². The van der Waals surface area contributed by atoms with E-state index in [1.165, 1.54) is 0 Å². The fraction of sp³-hybridized carbons (Fsp3) is 0.286. The van der Waals surface area contributed by atoms with Gasteiger partial charge in [0, 0.05) is 32.3 Å². The predicted molar refractivity (Wildman–Crippen MR) is 76.4 cm³/mol. The molecule has 1 aromatic heterocycles. The van der Waals surface area contributed by atoms with Crippen molar-refractivity contribution in [3.05, 3.63) is 48.2 Å². The highest BCUT2D eigenvalue weighted by Gasteiger charge is 2.08. The number of nitrogens with zero attached hydrogens (tertiary/aromatic N) is 2. The molecule has 1 aromatic carbocycles. The molecule has 1 atom stereocenters. The maximum Gasteiger partial charge on any atom is 0.320 e. The summed E-state index contributed by atoms with van der Waals surface area (Å²) in [5, 5.41) is 19.1. The van der Waals surface area contributed by atoms with Crippen LogP contribution in [0.5, 0.6) is 0 Å². The molecular weight excluding hydrogens is 256 g/mol. The second-order valence-corrected chi connectivity index (χ2v) is 4.55. The molecule has 6 heteroatoms. The third kappa shape index (κ3) is 4.40. The van der Waals surface area contributed by atoms with Crippen LogP contribution < -0.4 is 10.6 Å². The van der Waals surface area contributed by atoms with Gasteiger partial charge in [0.15, 0.2) is 5.82 Å². The number of aromatic nitrogens is 2. The Hall–Kier alpha value is -2.34.